The lowest BCUT2D eigenvalue weighted by Gasteiger charge is -2.40. The molecule has 89 heavy (non-hydrogen) atoms. The lowest BCUT2D eigenvalue weighted by atomic mass is 9.99. The summed E-state index contributed by atoms with van der Waals surface area (Å²) in [4.78, 5) is 25.1. The quantitative estimate of drug-likeness (QED) is 0.0195. The Morgan fingerprint density at radius 1 is 0.427 bits per heavy atom. The Morgan fingerprint density at radius 3 is 1.18 bits per heavy atom. The molecular formula is C78H145NO10. The van der Waals surface area contributed by atoms with Gasteiger partial charge in [-0.05, 0) is 77.6 Å². The minimum absolute atomic E-state index is 0.0183. The molecule has 0 radical (unpaired) electrons. The first-order valence-corrected chi connectivity index (χ1v) is 38.4. The Balaban J connectivity index is 1.86. The summed E-state index contributed by atoms with van der Waals surface area (Å²) in [6, 6.07) is -0.830. The van der Waals surface area contributed by atoms with Crippen molar-refractivity contribution in [1.29, 1.82) is 0 Å². The van der Waals surface area contributed by atoms with Gasteiger partial charge in [-0.15, -0.1) is 0 Å². The number of rotatable bonds is 68. The molecule has 7 unspecified atom stereocenters. The van der Waals surface area contributed by atoms with Crippen LogP contribution in [0.3, 0.4) is 0 Å². The number of hydrogen-bond donors (Lipinski definition) is 6. The van der Waals surface area contributed by atoms with Crippen LogP contribution < -0.4 is 5.32 Å². The Bertz CT molecular complexity index is 1620. The van der Waals surface area contributed by atoms with Gasteiger partial charge < -0.3 is 45.1 Å². The molecule has 1 aliphatic rings. The maximum atomic E-state index is 13.0. The summed E-state index contributed by atoms with van der Waals surface area (Å²) < 4.78 is 16.7. The zero-order valence-electron chi connectivity index (χ0n) is 58.2. The molecule has 11 heteroatoms. The summed E-state index contributed by atoms with van der Waals surface area (Å²) in [5.41, 5.74) is 0. The van der Waals surface area contributed by atoms with Crippen LogP contribution in [0.2, 0.25) is 0 Å². The van der Waals surface area contributed by atoms with Gasteiger partial charge in [0.05, 0.1) is 32.0 Å². The summed E-state index contributed by atoms with van der Waals surface area (Å²) in [7, 11) is 0. The second kappa shape index (κ2) is 67.1. The Hall–Kier alpha value is -2.38. The topological polar surface area (TPSA) is 175 Å². The van der Waals surface area contributed by atoms with Gasteiger partial charge in [-0.25, -0.2) is 0 Å². The van der Waals surface area contributed by atoms with Crippen molar-refractivity contribution < 1.29 is 49.3 Å². The fourth-order valence-electron chi connectivity index (χ4n) is 12.2. The number of amides is 1. The van der Waals surface area contributed by atoms with Gasteiger partial charge in [0.1, 0.15) is 24.4 Å². The van der Waals surface area contributed by atoms with Crippen molar-refractivity contribution in [3.05, 3.63) is 48.6 Å². The van der Waals surface area contributed by atoms with E-state index in [-0.39, 0.29) is 18.5 Å². The van der Waals surface area contributed by atoms with Crippen LogP contribution in [0, 0.1) is 0 Å². The first-order chi connectivity index (χ1) is 43.7. The highest BCUT2D eigenvalue weighted by Gasteiger charge is 2.44. The average molecular weight is 1260 g/mol. The third-order valence-corrected chi connectivity index (χ3v) is 18.2. The molecule has 1 fully saturated rings. The number of esters is 1. The van der Waals surface area contributed by atoms with Gasteiger partial charge in [0.15, 0.2) is 6.29 Å². The molecular weight excluding hydrogens is 1110 g/mol. The van der Waals surface area contributed by atoms with E-state index < -0.39 is 49.5 Å². The standard InChI is InChI=1S/C78H145NO10/c1-3-5-7-9-11-13-14-42-46-50-54-58-62-66-74(83)87-67-63-59-55-51-47-44-41-39-37-35-33-31-29-27-25-23-21-19-17-15-16-18-20-22-24-26-28-30-32-34-36-38-40-43-45-49-53-57-61-65-73(82)79-70(71(81)64-60-56-52-48-12-10-8-6-4-2)69-88-78-77(86)76(85)75(84)72(68-80)89-78/h4,6,12,15-16,48,60,64,70-72,75-78,80-81,84-86H,3,5,7-11,13-14,17-47,49-59,61-63,65-69H2,1-2H3,(H,79,82)/b6-4+,16-15-,48-12+,64-60+. The van der Waals surface area contributed by atoms with Gasteiger partial charge in [0.2, 0.25) is 5.91 Å². The number of unbranched alkanes of at least 4 members (excludes halogenated alkanes) is 49. The summed E-state index contributed by atoms with van der Waals surface area (Å²) in [6.07, 6.45) is 79.0. The second-order valence-corrected chi connectivity index (χ2v) is 26.7. The molecule has 522 valence electrons. The molecule has 1 heterocycles. The number of hydrogen-bond acceptors (Lipinski definition) is 10. The third kappa shape index (κ3) is 55.8. The number of carbonyl (C=O) groups is 2. The van der Waals surface area contributed by atoms with E-state index in [0.29, 0.717) is 19.4 Å². The van der Waals surface area contributed by atoms with Crippen LogP contribution in [0.5, 0.6) is 0 Å². The van der Waals surface area contributed by atoms with Crippen LogP contribution in [0.15, 0.2) is 48.6 Å². The van der Waals surface area contributed by atoms with Gasteiger partial charge in [0, 0.05) is 12.8 Å². The molecule has 0 aromatic carbocycles. The summed E-state index contributed by atoms with van der Waals surface area (Å²) >= 11 is 0. The van der Waals surface area contributed by atoms with E-state index in [4.69, 9.17) is 14.2 Å². The third-order valence-electron chi connectivity index (χ3n) is 18.2. The van der Waals surface area contributed by atoms with E-state index in [1.807, 2.05) is 19.1 Å². The lowest BCUT2D eigenvalue weighted by molar-refractivity contribution is -0.302. The monoisotopic (exact) mass is 1260 g/mol. The van der Waals surface area contributed by atoms with Gasteiger partial charge in [-0.3, -0.25) is 9.59 Å². The Kier molecular flexibility index (Phi) is 63.8. The molecule has 6 N–H and O–H groups in total. The number of nitrogens with one attached hydrogen (secondary N) is 1. The smallest absolute Gasteiger partial charge is 0.305 e. The molecule has 0 aromatic heterocycles. The van der Waals surface area contributed by atoms with Crippen LogP contribution >= 0.6 is 0 Å². The largest absolute Gasteiger partial charge is 0.466 e. The van der Waals surface area contributed by atoms with Crippen molar-refractivity contribution in [3.8, 4) is 0 Å². The van der Waals surface area contributed by atoms with Crippen LogP contribution in [0.25, 0.3) is 0 Å². The fourth-order valence-corrected chi connectivity index (χ4v) is 12.2. The molecule has 0 bridgehead atoms. The minimum atomic E-state index is -1.58. The number of allylic oxidation sites excluding steroid dienone is 7. The molecule has 11 nitrogen and oxygen atoms in total. The Labute approximate surface area is 548 Å². The van der Waals surface area contributed by atoms with Crippen LogP contribution in [0.4, 0.5) is 0 Å². The van der Waals surface area contributed by atoms with Gasteiger partial charge in [0.25, 0.3) is 0 Å². The van der Waals surface area contributed by atoms with Crippen LogP contribution in [-0.4, -0.2) is 100 Å². The van der Waals surface area contributed by atoms with Crippen molar-refractivity contribution >= 4 is 11.9 Å². The van der Waals surface area contributed by atoms with Crippen molar-refractivity contribution in [2.45, 2.75) is 416 Å². The first kappa shape index (κ1) is 84.6. The molecule has 0 spiro atoms. The highest BCUT2D eigenvalue weighted by atomic mass is 16.7. The predicted molar refractivity (Wildman–Crippen MR) is 375 cm³/mol. The van der Waals surface area contributed by atoms with E-state index in [1.165, 1.54) is 289 Å². The first-order valence-electron chi connectivity index (χ1n) is 38.4. The van der Waals surface area contributed by atoms with Gasteiger partial charge in [-0.1, -0.05) is 332 Å². The SMILES string of the molecule is C/C=C/CC/C=C/CC/C=C/C(O)C(COC1OC(CO)C(O)C(O)C1O)NC(=O)CCCCCCCCCCCCCCCCCCC/C=C\CCCCCCCCCCCCCCCCCCCCOC(=O)CCCCCCCCCCCCCCC. The number of ether oxygens (including phenoxy) is 3. The summed E-state index contributed by atoms with van der Waals surface area (Å²) in [5, 5.41) is 54.3. The summed E-state index contributed by atoms with van der Waals surface area (Å²) in [5.74, 6) is -0.176. The van der Waals surface area contributed by atoms with Gasteiger partial charge >= 0.3 is 5.97 Å². The van der Waals surface area contributed by atoms with E-state index in [2.05, 4.69) is 42.6 Å². The molecule has 7 atom stereocenters. The van der Waals surface area contributed by atoms with Crippen molar-refractivity contribution in [2.75, 3.05) is 19.8 Å². The number of carbonyl (C=O) groups excluding carboxylic acids is 2. The molecule has 0 aliphatic carbocycles. The molecule has 0 aromatic rings. The minimum Gasteiger partial charge on any atom is -0.466 e. The van der Waals surface area contributed by atoms with E-state index in [9.17, 15) is 35.1 Å². The van der Waals surface area contributed by atoms with Gasteiger partial charge in [-0.2, -0.15) is 0 Å². The molecule has 1 rings (SSSR count). The molecule has 1 saturated heterocycles. The molecule has 1 aliphatic heterocycles. The van der Waals surface area contributed by atoms with E-state index in [1.54, 1.807) is 6.08 Å². The van der Waals surface area contributed by atoms with Crippen LogP contribution in [0.1, 0.15) is 373 Å². The average Bonchev–Trinajstić information content (AvgIpc) is 1.84. The predicted octanol–water partition coefficient (Wildman–Crippen LogP) is 20.3. The summed E-state index contributed by atoms with van der Waals surface area (Å²) in [6.45, 7) is 4.13. The number of aliphatic hydroxyl groups excluding tert-OH is 5. The Morgan fingerprint density at radius 2 is 0.775 bits per heavy atom. The fraction of sp³-hybridized carbons (Fsp3) is 0.872. The number of aliphatic hydroxyl groups is 5. The van der Waals surface area contributed by atoms with Crippen molar-refractivity contribution in [1.82, 2.24) is 5.32 Å². The van der Waals surface area contributed by atoms with Crippen LogP contribution in [-0.2, 0) is 23.8 Å². The van der Waals surface area contributed by atoms with Crippen molar-refractivity contribution in [3.63, 3.8) is 0 Å². The maximum Gasteiger partial charge on any atom is 0.305 e. The zero-order chi connectivity index (χ0) is 64.4. The highest BCUT2D eigenvalue weighted by molar-refractivity contribution is 5.76. The van der Waals surface area contributed by atoms with E-state index >= 15 is 0 Å². The normalized spacial score (nSPS) is 17.9. The molecule has 1 amide bonds. The second-order valence-electron chi connectivity index (χ2n) is 26.7. The lowest BCUT2D eigenvalue weighted by Crippen LogP contribution is -2.60. The highest BCUT2D eigenvalue weighted by Crippen LogP contribution is 2.24. The van der Waals surface area contributed by atoms with E-state index in [0.717, 1.165) is 57.8 Å². The zero-order valence-corrected chi connectivity index (χ0v) is 58.2. The van der Waals surface area contributed by atoms with Crippen molar-refractivity contribution in [2.24, 2.45) is 0 Å². The maximum absolute atomic E-state index is 13.0. The molecule has 0 saturated carbocycles.